The van der Waals surface area contributed by atoms with Crippen molar-refractivity contribution in [2.45, 2.75) is 6.92 Å². The quantitative estimate of drug-likeness (QED) is 0.863. The van der Waals surface area contributed by atoms with E-state index < -0.39 is 5.97 Å². The molecule has 0 unspecified atom stereocenters. The fourth-order valence-corrected chi connectivity index (χ4v) is 1.83. The molecule has 0 amide bonds. The molecule has 0 aliphatic carbocycles. The van der Waals surface area contributed by atoms with Gasteiger partial charge in [0.15, 0.2) is 0 Å². The van der Waals surface area contributed by atoms with E-state index in [9.17, 15) is 4.79 Å². The van der Waals surface area contributed by atoms with Gasteiger partial charge in [-0.15, -0.1) is 0 Å². The lowest BCUT2D eigenvalue weighted by Gasteiger charge is -2.10. The number of nitrogens with zero attached hydrogens (tertiary/aromatic N) is 2. The summed E-state index contributed by atoms with van der Waals surface area (Å²) in [4.78, 5) is 19.7. The highest BCUT2D eigenvalue weighted by atomic mass is 79.9. The Balaban J connectivity index is 2.29. The van der Waals surface area contributed by atoms with Gasteiger partial charge in [0.05, 0.1) is 18.4 Å². The van der Waals surface area contributed by atoms with Gasteiger partial charge in [-0.05, 0) is 35.0 Å². The van der Waals surface area contributed by atoms with Gasteiger partial charge in [0, 0.05) is 16.9 Å². The summed E-state index contributed by atoms with van der Waals surface area (Å²) < 4.78 is 11.2. The minimum atomic E-state index is -0.510. The smallest absolute Gasteiger partial charge is 0.340 e. The van der Waals surface area contributed by atoms with Crippen molar-refractivity contribution in [3.05, 3.63) is 40.8 Å². The lowest BCUT2D eigenvalue weighted by atomic mass is 10.2. The lowest BCUT2D eigenvalue weighted by molar-refractivity contribution is 0.0527. The van der Waals surface area contributed by atoms with Crippen LogP contribution in [0.15, 0.2) is 35.2 Å². The second-order valence-corrected chi connectivity index (χ2v) is 4.65. The van der Waals surface area contributed by atoms with Gasteiger partial charge in [-0.1, -0.05) is 0 Å². The molecule has 2 N–H and O–H groups in total. The van der Waals surface area contributed by atoms with E-state index in [2.05, 4.69) is 25.9 Å². The van der Waals surface area contributed by atoms with E-state index in [0.29, 0.717) is 5.75 Å². The van der Waals surface area contributed by atoms with Crippen molar-refractivity contribution in [1.82, 2.24) is 9.97 Å². The maximum atomic E-state index is 11.7. The van der Waals surface area contributed by atoms with Crippen molar-refractivity contribution in [3.8, 4) is 11.6 Å². The predicted molar refractivity (Wildman–Crippen MR) is 76.6 cm³/mol. The molecule has 2 heterocycles. The average Bonchev–Trinajstić information content (AvgIpc) is 2.41. The van der Waals surface area contributed by atoms with Crippen LogP contribution in [0.5, 0.6) is 11.6 Å². The molecule has 0 aliphatic rings. The highest BCUT2D eigenvalue weighted by molar-refractivity contribution is 9.10. The maximum Gasteiger partial charge on any atom is 0.340 e. The molecule has 104 valence electrons. The minimum absolute atomic E-state index is 0.130. The van der Waals surface area contributed by atoms with Crippen molar-refractivity contribution in [1.29, 1.82) is 0 Å². The normalized spacial score (nSPS) is 10.1. The first kappa shape index (κ1) is 14.3. The number of nitrogens with two attached hydrogens (primary N) is 1. The van der Waals surface area contributed by atoms with Crippen LogP contribution in [0.25, 0.3) is 0 Å². The molecule has 2 rings (SSSR count). The van der Waals surface area contributed by atoms with Crippen molar-refractivity contribution in [2.24, 2.45) is 0 Å². The minimum Gasteiger partial charge on any atom is -0.462 e. The molecule has 0 spiro atoms. The standard InChI is InChI=1S/C13H12BrN3O3/c1-2-19-13(18)10-3-4-17-12(11(10)15)20-9-5-8(14)6-16-7-9/h3-7H,2,15H2,1H3. The monoisotopic (exact) mass is 337 g/mol. The van der Waals surface area contributed by atoms with Gasteiger partial charge in [0.25, 0.3) is 0 Å². The number of esters is 1. The van der Waals surface area contributed by atoms with Crippen LogP contribution in [0.4, 0.5) is 5.69 Å². The Morgan fingerprint density at radius 2 is 2.25 bits per heavy atom. The van der Waals surface area contributed by atoms with Gasteiger partial charge in [-0.3, -0.25) is 4.98 Å². The second kappa shape index (κ2) is 6.33. The fraction of sp³-hybridized carbons (Fsp3) is 0.154. The first-order chi connectivity index (χ1) is 9.61. The molecule has 7 heteroatoms. The summed E-state index contributed by atoms with van der Waals surface area (Å²) in [5, 5.41) is 0. The summed E-state index contributed by atoms with van der Waals surface area (Å²) in [5.74, 6) is 0.0830. The number of hydrogen-bond acceptors (Lipinski definition) is 6. The third-order valence-corrected chi connectivity index (χ3v) is 2.78. The molecular formula is C13H12BrN3O3. The van der Waals surface area contributed by atoms with Crippen LogP contribution in [-0.2, 0) is 4.74 Å². The number of pyridine rings is 2. The van der Waals surface area contributed by atoms with Gasteiger partial charge in [0.1, 0.15) is 11.4 Å². The average molecular weight is 338 g/mol. The predicted octanol–water partition coefficient (Wildman–Crippen LogP) is 2.79. The topological polar surface area (TPSA) is 87.3 Å². The SMILES string of the molecule is CCOC(=O)c1ccnc(Oc2cncc(Br)c2)c1N. The number of aromatic nitrogens is 2. The Hall–Kier alpha value is -2.15. The van der Waals surface area contributed by atoms with E-state index in [1.807, 2.05) is 0 Å². The first-order valence-electron chi connectivity index (χ1n) is 5.81. The first-order valence-corrected chi connectivity index (χ1v) is 6.61. The van der Waals surface area contributed by atoms with Crippen LogP contribution in [0.3, 0.4) is 0 Å². The Morgan fingerprint density at radius 3 is 2.95 bits per heavy atom. The number of nitrogen functional groups attached to an aromatic ring is 1. The Bertz CT molecular complexity index is 634. The number of carbonyl (C=O) groups is 1. The van der Waals surface area contributed by atoms with Gasteiger partial charge >= 0.3 is 5.97 Å². The maximum absolute atomic E-state index is 11.7. The zero-order valence-electron chi connectivity index (χ0n) is 10.7. The highest BCUT2D eigenvalue weighted by Crippen LogP contribution is 2.28. The van der Waals surface area contributed by atoms with E-state index in [1.165, 1.54) is 18.5 Å². The fourth-order valence-electron chi connectivity index (χ4n) is 1.48. The molecule has 0 radical (unpaired) electrons. The third kappa shape index (κ3) is 3.24. The molecule has 0 fully saturated rings. The van der Waals surface area contributed by atoms with Crippen LogP contribution in [0.1, 0.15) is 17.3 Å². The van der Waals surface area contributed by atoms with Gasteiger partial charge < -0.3 is 15.2 Å². The number of rotatable bonds is 4. The van der Waals surface area contributed by atoms with Crippen molar-refractivity contribution < 1.29 is 14.3 Å². The van der Waals surface area contributed by atoms with Gasteiger partial charge in [0.2, 0.25) is 5.88 Å². The summed E-state index contributed by atoms with van der Waals surface area (Å²) in [6.45, 7) is 1.99. The van der Waals surface area contributed by atoms with E-state index >= 15 is 0 Å². The molecule has 2 aromatic heterocycles. The number of hydrogen-bond donors (Lipinski definition) is 1. The van der Waals surface area contributed by atoms with Crippen LogP contribution in [0, 0.1) is 0 Å². The Labute approximate surface area is 124 Å². The van der Waals surface area contributed by atoms with Crippen LogP contribution in [0.2, 0.25) is 0 Å². The number of carbonyl (C=O) groups excluding carboxylic acids is 1. The molecular weight excluding hydrogens is 326 g/mol. The molecule has 0 bridgehead atoms. The van der Waals surface area contributed by atoms with Gasteiger partial charge in [-0.25, -0.2) is 9.78 Å². The number of halogens is 1. The molecule has 0 atom stereocenters. The number of anilines is 1. The van der Waals surface area contributed by atoms with Gasteiger partial charge in [-0.2, -0.15) is 0 Å². The summed E-state index contributed by atoms with van der Waals surface area (Å²) in [5.41, 5.74) is 6.23. The molecule has 0 saturated heterocycles. The summed E-state index contributed by atoms with van der Waals surface area (Å²) in [6, 6.07) is 3.20. The molecule has 0 aliphatic heterocycles. The summed E-state index contributed by atoms with van der Waals surface area (Å²) >= 11 is 3.28. The van der Waals surface area contributed by atoms with E-state index in [4.69, 9.17) is 15.2 Å². The van der Waals surface area contributed by atoms with E-state index in [-0.39, 0.29) is 23.7 Å². The van der Waals surface area contributed by atoms with Crippen LogP contribution < -0.4 is 10.5 Å². The van der Waals surface area contributed by atoms with Crippen LogP contribution in [-0.4, -0.2) is 22.5 Å². The third-order valence-electron chi connectivity index (χ3n) is 2.34. The molecule has 20 heavy (non-hydrogen) atoms. The van der Waals surface area contributed by atoms with Crippen LogP contribution >= 0.6 is 15.9 Å². The van der Waals surface area contributed by atoms with E-state index in [0.717, 1.165) is 4.47 Å². The summed E-state index contributed by atoms with van der Waals surface area (Å²) in [7, 11) is 0. The molecule has 0 saturated carbocycles. The summed E-state index contributed by atoms with van der Waals surface area (Å²) in [6.07, 6.45) is 4.57. The zero-order chi connectivity index (χ0) is 14.5. The highest BCUT2D eigenvalue weighted by Gasteiger charge is 2.16. The lowest BCUT2D eigenvalue weighted by Crippen LogP contribution is -2.09. The second-order valence-electron chi connectivity index (χ2n) is 3.74. The molecule has 6 nitrogen and oxygen atoms in total. The van der Waals surface area contributed by atoms with Crippen molar-refractivity contribution in [2.75, 3.05) is 12.3 Å². The molecule has 0 aromatic carbocycles. The Kier molecular flexibility index (Phi) is 4.52. The van der Waals surface area contributed by atoms with Crippen molar-refractivity contribution in [3.63, 3.8) is 0 Å². The van der Waals surface area contributed by atoms with Crippen molar-refractivity contribution >= 4 is 27.6 Å². The Morgan fingerprint density at radius 1 is 1.45 bits per heavy atom. The zero-order valence-corrected chi connectivity index (χ0v) is 12.3. The van der Waals surface area contributed by atoms with E-state index in [1.54, 1.807) is 19.2 Å². The largest absolute Gasteiger partial charge is 0.462 e. The molecule has 2 aromatic rings. The number of ether oxygens (including phenoxy) is 2.